The number of carbonyl (C=O) groups excluding carboxylic acids is 1. The van der Waals surface area contributed by atoms with Crippen molar-refractivity contribution in [3.05, 3.63) is 95.5 Å². The van der Waals surface area contributed by atoms with Crippen molar-refractivity contribution in [3.8, 4) is 0 Å². The summed E-state index contributed by atoms with van der Waals surface area (Å²) in [5, 5.41) is 4.56. The molecule has 174 valence electrons. The number of amides is 1. The zero-order valence-corrected chi connectivity index (χ0v) is 19.4. The molecule has 6 nitrogen and oxygen atoms in total. The molecule has 6 heteroatoms. The van der Waals surface area contributed by atoms with Gasteiger partial charge in [-0.15, -0.1) is 0 Å². The highest BCUT2D eigenvalue weighted by Crippen LogP contribution is 2.23. The van der Waals surface area contributed by atoms with Crippen molar-refractivity contribution in [1.29, 1.82) is 0 Å². The Labute approximate surface area is 199 Å². The first-order valence-corrected chi connectivity index (χ1v) is 11.7. The second kappa shape index (κ2) is 10.1. The number of hydrogen-bond acceptors (Lipinski definition) is 5. The zero-order valence-electron chi connectivity index (χ0n) is 19.4. The van der Waals surface area contributed by atoms with Gasteiger partial charge in [0.1, 0.15) is 5.58 Å². The van der Waals surface area contributed by atoms with E-state index in [1.165, 1.54) is 5.56 Å². The summed E-state index contributed by atoms with van der Waals surface area (Å²) in [6.45, 7) is 5.20. The second-order valence-corrected chi connectivity index (χ2v) is 8.93. The van der Waals surface area contributed by atoms with Gasteiger partial charge in [-0.05, 0) is 66.4 Å². The van der Waals surface area contributed by atoms with Crippen LogP contribution in [0.4, 0.5) is 5.69 Å². The number of rotatable bonds is 6. The number of aromatic nitrogens is 1. The Bertz CT molecular complexity index is 1270. The van der Waals surface area contributed by atoms with E-state index in [0.29, 0.717) is 38.4 Å². The third-order valence-electron chi connectivity index (χ3n) is 6.39. The Morgan fingerprint density at radius 3 is 2.85 bits per heavy atom. The fourth-order valence-electron chi connectivity index (χ4n) is 4.47. The van der Waals surface area contributed by atoms with E-state index in [1.54, 1.807) is 18.7 Å². The van der Waals surface area contributed by atoms with E-state index in [1.807, 2.05) is 41.3 Å². The number of ether oxygens (including phenoxy) is 1. The van der Waals surface area contributed by atoms with E-state index < -0.39 is 0 Å². The number of furan rings is 1. The maximum atomic E-state index is 13.4. The van der Waals surface area contributed by atoms with Crippen molar-refractivity contribution in [2.75, 3.05) is 31.6 Å². The van der Waals surface area contributed by atoms with Crippen LogP contribution in [-0.2, 0) is 17.7 Å². The van der Waals surface area contributed by atoms with Gasteiger partial charge >= 0.3 is 0 Å². The van der Waals surface area contributed by atoms with Gasteiger partial charge in [-0.25, -0.2) is 0 Å². The number of aryl methyl sites for hydroxylation is 1. The standard InChI is InChI=1S/C28H29N3O3/c1-20-2-4-25(16-26(20)30-17-21-6-9-29-10-7-21)28(32)31-11-13-33-19-23(18-31)14-22-3-5-24-8-12-34-27(24)15-22/h2-10,12,15-16,23,30H,11,13-14,17-19H2,1H3. The van der Waals surface area contributed by atoms with Crippen LogP contribution in [0.1, 0.15) is 27.0 Å². The molecule has 0 saturated carbocycles. The van der Waals surface area contributed by atoms with Gasteiger partial charge in [-0.2, -0.15) is 0 Å². The first-order chi connectivity index (χ1) is 16.7. The predicted octanol–water partition coefficient (Wildman–Crippen LogP) is 5.08. The molecule has 2 aromatic carbocycles. The highest BCUT2D eigenvalue weighted by molar-refractivity contribution is 5.95. The number of fused-ring (bicyclic) bond motifs is 1. The smallest absolute Gasteiger partial charge is 0.254 e. The van der Waals surface area contributed by atoms with Crippen LogP contribution in [0.15, 0.2) is 77.7 Å². The average molecular weight is 456 g/mol. The molecule has 0 spiro atoms. The maximum absolute atomic E-state index is 13.4. The summed E-state index contributed by atoms with van der Waals surface area (Å²) in [7, 11) is 0. The number of anilines is 1. The number of benzene rings is 2. The molecular weight excluding hydrogens is 426 g/mol. The molecule has 1 N–H and O–H groups in total. The summed E-state index contributed by atoms with van der Waals surface area (Å²) in [6.07, 6.45) is 6.13. The van der Waals surface area contributed by atoms with Crippen molar-refractivity contribution in [2.45, 2.75) is 19.9 Å². The third-order valence-corrected chi connectivity index (χ3v) is 6.39. The van der Waals surface area contributed by atoms with Gasteiger partial charge < -0.3 is 19.4 Å². The van der Waals surface area contributed by atoms with E-state index in [-0.39, 0.29) is 11.8 Å². The number of nitrogens with one attached hydrogen (secondary N) is 1. The van der Waals surface area contributed by atoms with Crippen LogP contribution in [0.2, 0.25) is 0 Å². The van der Waals surface area contributed by atoms with E-state index in [9.17, 15) is 4.79 Å². The van der Waals surface area contributed by atoms with E-state index in [2.05, 4.69) is 35.4 Å². The number of nitrogens with zero attached hydrogens (tertiary/aromatic N) is 2. The molecule has 4 aromatic rings. The van der Waals surface area contributed by atoms with Crippen LogP contribution >= 0.6 is 0 Å². The highest BCUT2D eigenvalue weighted by atomic mass is 16.5. The number of pyridine rings is 1. The van der Waals surface area contributed by atoms with E-state index in [4.69, 9.17) is 9.15 Å². The molecule has 3 heterocycles. The Morgan fingerprint density at radius 1 is 1.09 bits per heavy atom. The summed E-state index contributed by atoms with van der Waals surface area (Å²) in [5.74, 6) is 0.276. The van der Waals surface area contributed by atoms with Crippen LogP contribution in [0.3, 0.4) is 0 Å². The topological polar surface area (TPSA) is 67.6 Å². The van der Waals surface area contributed by atoms with E-state index in [0.717, 1.165) is 34.2 Å². The lowest BCUT2D eigenvalue weighted by Crippen LogP contribution is -2.36. The normalized spacial score (nSPS) is 16.4. The minimum absolute atomic E-state index is 0.0453. The zero-order chi connectivity index (χ0) is 23.3. The summed E-state index contributed by atoms with van der Waals surface area (Å²) < 4.78 is 11.4. The van der Waals surface area contributed by atoms with Gasteiger partial charge in [0, 0.05) is 54.6 Å². The summed E-state index contributed by atoms with van der Waals surface area (Å²) in [6, 6.07) is 18.1. The van der Waals surface area contributed by atoms with Crippen molar-refractivity contribution >= 4 is 22.6 Å². The van der Waals surface area contributed by atoms with Gasteiger partial charge in [-0.3, -0.25) is 9.78 Å². The van der Waals surface area contributed by atoms with Crippen LogP contribution in [0.5, 0.6) is 0 Å². The molecule has 0 radical (unpaired) electrons. The van der Waals surface area contributed by atoms with Gasteiger partial charge in [0.2, 0.25) is 0 Å². The molecule has 1 fully saturated rings. The fourth-order valence-corrected chi connectivity index (χ4v) is 4.47. The number of hydrogen-bond donors (Lipinski definition) is 1. The summed E-state index contributed by atoms with van der Waals surface area (Å²) >= 11 is 0. The second-order valence-electron chi connectivity index (χ2n) is 8.93. The molecule has 1 amide bonds. The molecule has 2 aromatic heterocycles. The van der Waals surface area contributed by atoms with Gasteiger partial charge in [-0.1, -0.05) is 18.2 Å². The number of carbonyl (C=O) groups is 1. The molecule has 1 unspecified atom stereocenters. The molecule has 34 heavy (non-hydrogen) atoms. The Morgan fingerprint density at radius 2 is 1.97 bits per heavy atom. The molecular formula is C28H29N3O3. The lowest BCUT2D eigenvalue weighted by Gasteiger charge is -2.24. The molecule has 5 rings (SSSR count). The molecule has 1 saturated heterocycles. The summed E-state index contributed by atoms with van der Waals surface area (Å²) in [4.78, 5) is 19.4. The van der Waals surface area contributed by atoms with Crippen LogP contribution in [0, 0.1) is 12.8 Å². The van der Waals surface area contributed by atoms with Crippen molar-refractivity contribution in [3.63, 3.8) is 0 Å². The van der Waals surface area contributed by atoms with Gasteiger partial charge in [0.05, 0.1) is 19.5 Å². The molecule has 0 bridgehead atoms. The minimum Gasteiger partial charge on any atom is -0.464 e. The lowest BCUT2D eigenvalue weighted by molar-refractivity contribution is 0.0737. The minimum atomic E-state index is 0.0453. The molecule has 0 aliphatic carbocycles. The van der Waals surface area contributed by atoms with Crippen molar-refractivity contribution in [2.24, 2.45) is 5.92 Å². The monoisotopic (exact) mass is 455 g/mol. The quantitative estimate of drug-likeness (QED) is 0.439. The summed E-state index contributed by atoms with van der Waals surface area (Å²) in [5.41, 5.74) is 6.01. The van der Waals surface area contributed by atoms with Gasteiger partial charge in [0.25, 0.3) is 5.91 Å². The molecule has 1 aliphatic rings. The van der Waals surface area contributed by atoms with Gasteiger partial charge in [0.15, 0.2) is 0 Å². The van der Waals surface area contributed by atoms with Crippen LogP contribution < -0.4 is 5.32 Å². The lowest BCUT2D eigenvalue weighted by atomic mass is 9.98. The first kappa shape index (κ1) is 22.2. The van der Waals surface area contributed by atoms with E-state index >= 15 is 0 Å². The Hall–Kier alpha value is -3.64. The third kappa shape index (κ3) is 5.13. The highest BCUT2D eigenvalue weighted by Gasteiger charge is 2.24. The largest absolute Gasteiger partial charge is 0.464 e. The van der Waals surface area contributed by atoms with Crippen LogP contribution in [-0.4, -0.2) is 42.1 Å². The fraction of sp³-hybridized carbons (Fsp3) is 0.286. The Balaban J connectivity index is 1.27. The molecule has 1 aliphatic heterocycles. The van der Waals surface area contributed by atoms with Crippen LogP contribution in [0.25, 0.3) is 11.0 Å². The average Bonchev–Trinajstić information content (AvgIpc) is 3.21. The Kier molecular flexibility index (Phi) is 6.58. The maximum Gasteiger partial charge on any atom is 0.254 e. The SMILES string of the molecule is Cc1ccc(C(=O)N2CCOCC(Cc3ccc4ccoc4c3)C2)cc1NCc1ccncc1. The van der Waals surface area contributed by atoms with Crippen molar-refractivity contribution < 1.29 is 13.9 Å². The van der Waals surface area contributed by atoms with Crippen molar-refractivity contribution in [1.82, 2.24) is 9.88 Å². The predicted molar refractivity (Wildman–Crippen MR) is 133 cm³/mol. The first-order valence-electron chi connectivity index (χ1n) is 11.7. The molecule has 1 atom stereocenters.